The minimum atomic E-state index is -5.03. The summed E-state index contributed by atoms with van der Waals surface area (Å²) >= 11 is 1.51. The van der Waals surface area contributed by atoms with Gasteiger partial charge in [0.25, 0.3) is 0 Å². The number of carbonyl (C=O) groups excluding carboxylic acids is 2. The third-order valence-corrected chi connectivity index (χ3v) is 5.82. The number of ether oxygens (including phenoxy) is 1. The van der Waals surface area contributed by atoms with Gasteiger partial charge in [-0.1, -0.05) is 32.1 Å². The molecule has 0 spiro atoms. The van der Waals surface area contributed by atoms with Gasteiger partial charge < -0.3 is 20.7 Å². The standard InChI is InChI=1S/C24H30F3N3O3S/c1-16(2)14-17(29-22(31)21(28)15-20-7-5-13-34-20)6-4-12-30(23(32)24(25,26)27)18-8-10-19(33-3)11-9-18/h4-11,13,16-17,21H,12,14-15,28H2,1-3H3,(H,29,31)/b6-4+/t17-,21+/m1/s1. The van der Waals surface area contributed by atoms with Gasteiger partial charge in [0.05, 0.1) is 13.2 Å². The number of thiophene rings is 1. The van der Waals surface area contributed by atoms with Crippen LogP contribution in [0.1, 0.15) is 25.1 Å². The Kier molecular flexibility index (Phi) is 10.1. The van der Waals surface area contributed by atoms with Crippen LogP contribution in [-0.4, -0.2) is 43.7 Å². The first-order valence-electron chi connectivity index (χ1n) is 10.8. The molecule has 6 nitrogen and oxygen atoms in total. The summed E-state index contributed by atoms with van der Waals surface area (Å²) in [5, 5.41) is 4.76. The van der Waals surface area contributed by atoms with Crippen molar-refractivity contribution in [2.75, 3.05) is 18.6 Å². The zero-order chi connectivity index (χ0) is 25.3. The van der Waals surface area contributed by atoms with E-state index in [9.17, 15) is 22.8 Å². The van der Waals surface area contributed by atoms with Crippen LogP contribution in [0.3, 0.4) is 0 Å². The molecule has 1 aromatic carbocycles. The van der Waals surface area contributed by atoms with Gasteiger partial charge in [-0.2, -0.15) is 13.2 Å². The predicted molar refractivity (Wildman–Crippen MR) is 128 cm³/mol. The summed E-state index contributed by atoms with van der Waals surface area (Å²) in [6.07, 6.45) is -1.02. The molecule has 186 valence electrons. The number of nitrogens with two attached hydrogens (primary N) is 1. The molecule has 0 saturated heterocycles. The number of hydrogen-bond acceptors (Lipinski definition) is 5. The van der Waals surface area contributed by atoms with Gasteiger partial charge in [-0.3, -0.25) is 9.59 Å². The number of alkyl halides is 3. The monoisotopic (exact) mass is 497 g/mol. The SMILES string of the molecule is COc1ccc(N(C/C=C/[C@H](CC(C)C)NC(=O)[C@@H](N)Cc2cccs2)C(=O)C(F)(F)F)cc1. The Morgan fingerprint density at radius 3 is 2.41 bits per heavy atom. The van der Waals surface area contributed by atoms with Gasteiger partial charge in [-0.25, -0.2) is 0 Å². The zero-order valence-electron chi connectivity index (χ0n) is 19.3. The highest BCUT2D eigenvalue weighted by Gasteiger charge is 2.42. The van der Waals surface area contributed by atoms with Crippen LogP contribution < -0.4 is 20.7 Å². The third-order valence-electron chi connectivity index (χ3n) is 4.92. The fraction of sp³-hybridized carbons (Fsp3) is 0.417. The number of carbonyl (C=O) groups is 2. The zero-order valence-corrected chi connectivity index (χ0v) is 20.2. The molecule has 0 radical (unpaired) electrons. The predicted octanol–water partition coefficient (Wildman–Crippen LogP) is 4.31. The van der Waals surface area contributed by atoms with Crippen molar-refractivity contribution in [1.82, 2.24) is 5.32 Å². The lowest BCUT2D eigenvalue weighted by atomic mass is 10.0. The summed E-state index contributed by atoms with van der Waals surface area (Å²) < 4.78 is 44.6. The Balaban J connectivity index is 2.13. The quantitative estimate of drug-likeness (QED) is 0.453. The molecule has 2 atom stereocenters. The molecule has 0 bridgehead atoms. The number of amides is 2. The Labute approximate surface area is 201 Å². The number of anilines is 1. The molecule has 0 saturated carbocycles. The Hall–Kier alpha value is -2.85. The molecular formula is C24H30F3N3O3S. The van der Waals surface area contributed by atoms with Crippen LogP contribution in [0.15, 0.2) is 53.9 Å². The number of rotatable bonds is 11. The van der Waals surface area contributed by atoms with Crippen LogP contribution in [0.25, 0.3) is 0 Å². The summed E-state index contributed by atoms with van der Waals surface area (Å²) in [5.41, 5.74) is 6.11. The summed E-state index contributed by atoms with van der Waals surface area (Å²) in [4.78, 5) is 26.2. The van der Waals surface area contributed by atoms with Crippen molar-refractivity contribution >= 4 is 28.8 Å². The molecule has 34 heavy (non-hydrogen) atoms. The second kappa shape index (κ2) is 12.6. The van der Waals surface area contributed by atoms with Gasteiger partial charge in [-0.05, 0) is 48.1 Å². The number of halogens is 3. The second-order valence-electron chi connectivity index (χ2n) is 8.17. The van der Waals surface area contributed by atoms with E-state index in [4.69, 9.17) is 10.5 Å². The maximum atomic E-state index is 13.2. The van der Waals surface area contributed by atoms with E-state index in [-0.39, 0.29) is 24.1 Å². The van der Waals surface area contributed by atoms with Gasteiger partial charge >= 0.3 is 12.1 Å². The fourth-order valence-corrected chi connectivity index (χ4v) is 4.04. The van der Waals surface area contributed by atoms with Crippen LogP contribution in [0.4, 0.5) is 18.9 Å². The Bertz CT molecular complexity index is 945. The highest BCUT2D eigenvalue weighted by Crippen LogP contribution is 2.25. The van der Waals surface area contributed by atoms with E-state index in [2.05, 4.69) is 5.32 Å². The molecule has 1 heterocycles. The van der Waals surface area contributed by atoms with E-state index in [1.165, 1.54) is 48.8 Å². The highest BCUT2D eigenvalue weighted by molar-refractivity contribution is 7.09. The number of nitrogens with one attached hydrogen (secondary N) is 1. The molecule has 3 N–H and O–H groups in total. The molecule has 0 aliphatic rings. The molecule has 0 aliphatic heterocycles. The molecule has 2 amide bonds. The van der Waals surface area contributed by atoms with Crippen molar-refractivity contribution in [3.05, 3.63) is 58.8 Å². The topological polar surface area (TPSA) is 84.7 Å². The van der Waals surface area contributed by atoms with Gasteiger partial charge in [-0.15, -0.1) is 11.3 Å². The van der Waals surface area contributed by atoms with Crippen LogP contribution >= 0.6 is 11.3 Å². The lowest BCUT2D eigenvalue weighted by molar-refractivity contribution is -0.170. The van der Waals surface area contributed by atoms with Crippen LogP contribution in [0, 0.1) is 5.92 Å². The molecule has 0 unspecified atom stereocenters. The molecule has 2 aromatic rings. The van der Waals surface area contributed by atoms with E-state index in [1.807, 2.05) is 31.4 Å². The first-order chi connectivity index (χ1) is 16.0. The lowest BCUT2D eigenvalue weighted by Gasteiger charge is -2.24. The largest absolute Gasteiger partial charge is 0.497 e. The average molecular weight is 498 g/mol. The molecule has 10 heteroatoms. The maximum absolute atomic E-state index is 13.2. The normalized spacial score (nSPS) is 13.6. The average Bonchev–Trinajstić information content (AvgIpc) is 3.28. The first kappa shape index (κ1) is 27.4. The van der Waals surface area contributed by atoms with Crippen molar-refractivity contribution in [1.29, 1.82) is 0 Å². The van der Waals surface area contributed by atoms with Crippen molar-refractivity contribution in [2.45, 2.75) is 44.9 Å². The fourth-order valence-electron chi connectivity index (χ4n) is 3.27. The second-order valence-corrected chi connectivity index (χ2v) is 9.21. The summed E-state index contributed by atoms with van der Waals surface area (Å²) in [5.74, 6) is -1.66. The lowest BCUT2D eigenvalue weighted by Crippen LogP contribution is -2.46. The molecule has 0 fully saturated rings. The highest BCUT2D eigenvalue weighted by atomic mass is 32.1. The Morgan fingerprint density at radius 1 is 1.21 bits per heavy atom. The number of methoxy groups -OCH3 is 1. The number of hydrogen-bond donors (Lipinski definition) is 2. The van der Waals surface area contributed by atoms with Gasteiger partial charge in [0, 0.05) is 29.6 Å². The van der Waals surface area contributed by atoms with Crippen LogP contribution in [0.2, 0.25) is 0 Å². The summed E-state index contributed by atoms with van der Waals surface area (Å²) in [6, 6.07) is 8.31. The third kappa shape index (κ3) is 8.49. The smallest absolute Gasteiger partial charge is 0.471 e. The van der Waals surface area contributed by atoms with E-state index >= 15 is 0 Å². The first-order valence-corrected chi connectivity index (χ1v) is 11.7. The summed E-state index contributed by atoms with van der Waals surface area (Å²) in [7, 11) is 1.44. The summed E-state index contributed by atoms with van der Waals surface area (Å²) in [6.45, 7) is 3.61. The molecule has 0 aliphatic carbocycles. The maximum Gasteiger partial charge on any atom is 0.471 e. The molecule has 1 aromatic heterocycles. The van der Waals surface area contributed by atoms with Crippen molar-refractivity contribution in [3.8, 4) is 5.75 Å². The van der Waals surface area contributed by atoms with E-state index in [1.54, 1.807) is 6.08 Å². The van der Waals surface area contributed by atoms with E-state index < -0.39 is 24.2 Å². The minimum Gasteiger partial charge on any atom is -0.497 e. The van der Waals surface area contributed by atoms with E-state index in [0.717, 1.165) is 4.88 Å². The van der Waals surface area contributed by atoms with Crippen LogP contribution in [0.5, 0.6) is 5.75 Å². The Morgan fingerprint density at radius 2 is 1.88 bits per heavy atom. The van der Waals surface area contributed by atoms with Crippen molar-refractivity contribution in [2.24, 2.45) is 11.7 Å². The van der Waals surface area contributed by atoms with Gasteiger partial charge in [0.2, 0.25) is 5.91 Å². The van der Waals surface area contributed by atoms with E-state index in [0.29, 0.717) is 23.5 Å². The van der Waals surface area contributed by atoms with Gasteiger partial charge in [0.15, 0.2) is 0 Å². The van der Waals surface area contributed by atoms with Crippen LogP contribution in [-0.2, 0) is 16.0 Å². The van der Waals surface area contributed by atoms with Crippen molar-refractivity contribution < 1.29 is 27.5 Å². The molecule has 2 rings (SSSR count). The number of benzene rings is 1. The van der Waals surface area contributed by atoms with Crippen molar-refractivity contribution in [3.63, 3.8) is 0 Å². The molecular weight excluding hydrogens is 467 g/mol. The van der Waals surface area contributed by atoms with Gasteiger partial charge in [0.1, 0.15) is 5.75 Å². The number of nitrogens with zero attached hydrogens (tertiary/aromatic N) is 1. The minimum absolute atomic E-state index is 0.0789.